The average Bonchev–Trinajstić information content (AvgIpc) is 2.96. The summed E-state index contributed by atoms with van der Waals surface area (Å²) in [4.78, 5) is 11.2. The van der Waals surface area contributed by atoms with Crippen LogP contribution in [0.5, 0.6) is 0 Å². The van der Waals surface area contributed by atoms with Crippen molar-refractivity contribution in [3.63, 3.8) is 0 Å². The van der Waals surface area contributed by atoms with Gasteiger partial charge < -0.3 is 15.0 Å². The van der Waals surface area contributed by atoms with Crippen molar-refractivity contribution in [2.75, 3.05) is 23.7 Å². The monoisotopic (exact) mass is 245 g/mol. The zero-order chi connectivity index (χ0) is 12.5. The molecule has 0 saturated carbocycles. The van der Waals surface area contributed by atoms with E-state index in [0.29, 0.717) is 5.82 Å². The molecule has 1 aliphatic heterocycles. The summed E-state index contributed by atoms with van der Waals surface area (Å²) in [6.07, 6.45) is 9.31. The zero-order valence-corrected chi connectivity index (χ0v) is 10.7. The minimum absolute atomic E-state index is 0.550. The molecule has 3 heterocycles. The second-order valence-corrected chi connectivity index (χ2v) is 5.04. The molecule has 1 aliphatic rings. The van der Waals surface area contributed by atoms with Crippen LogP contribution in [0.25, 0.3) is 5.65 Å². The van der Waals surface area contributed by atoms with Gasteiger partial charge in [0.05, 0.1) is 6.20 Å². The predicted octanol–water partition coefficient (Wildman–Crippen LogP) is 1.94. The number of nitrogens with two attached hydrogens (primary N) is 1. The Morgan fingerprint density at radius 3 is 3.22 bits per heavy atom. The molecule has 1 unspecified atom stereocenters. The third kappa shape index (κ3) is 1.89. The smallest absolute Gasteiger partial charge is 0.180 e. The molecule has 0 spiro atoms. The molecular weight excluding hydrogens is 226 g/mol. The van der Waals surface area contributed by atoms with E-state index in [-0.39, 0.29) is 0 Å². The van der Waals surface area contributed by atoms with Crippen LogP contribution in [0.15, 0.2) is 18.6 Å². The number of imidazole rings is 1. The maximum atomic E-state index is 5.86. The van der Waals surface area contributed by atoms with E-state index in [1.807, 2.05) is 16.8 Å². The molecule has 0 aliphatic carbocycles. The third-order valence-corrected chi connectivity index (χ3v) is 3.66. The molecule has 0 amide bonds. The van der Waals surface area contributed by atoms with Crippen molar-refractivity contribution in [3.8, 4) is 0 Å². The van der Waals surface area contributed by atoms with E-state index in [2.05, 4.69) is 21.8 Å². The standard InChI is InChI=1S/C13H19N5/c1-2-3-10-4-6-17(8-10)13-12-15-5-7-18(12)9-11(14)16-13/h5,7,9-10H,2-4,6,8,14H2,1H3. The maximum absolute atomic E-state index is 5.86. The summed E-state index contributed by atoms with van der Waals surface area (Å²) in [5.41, 5.74) is 6.76. The van der Waals surface area contributed by atoms with Crippen molar-refractivity contribution < 1.29 is 0 Å². The first-order chi connectivity index (χ1) is 8.78. The molecule has 5 heteroatoms. The van der Waals surface area contributed by atoms with E-state index in [0.717, 1.165) is 30.5 Å². The van der Waals surface area contributed by atoms with E-state index in [9.17, 15) is 0 Å². The van der Waals surface area contributed by atoms with Gasteiger partial charge in [0, 0.05) is 25.5 Å². The summed E-state index contributed by atoms with van der Waals surface area (Å²) in [5, 5.41) is 0. The topological polar surface area (TPSA) is 59.5 Å². The maximum Gasteiger partial charge on any atom is 0.180 e. The second kappa shape index (κ2) is 4.48. The van der Waals surface area contributed by atoms with Gasteiger partial charge in [0.25, 0.3) is 0 Å². The number of rotatable bonds is 3. The van der Waals surface area contributed by atoms with Gasteiger partial charge in [-0.25, -0.2) is 9.97 Å². The fourth-order valence-electron chi connectivity index (χ4n) is 2.82. The van der Waals surface area contributed by atoms with Crippen molar-refractivity contribution >= 4 is 17.3 Å². The number of aromatic nitrogens is 3. The number of anilines is 2. The normalized spacial score (nSPS) is 19.8. The lowest BCUT2D eigenvalue weighted by Crippen LogP contribution is -2.22. The molecule has 1 atom stereocenters. The highest BCUT2D eigenvalue weighted by atomic mass is 15.2. The van der Waals surface area contributed by atoms with Crippen LogP contribution >= 0.6 is 0 Å². The lowest BCUT2D eigenvalue weighted by Gasteiger charge is -2.18. The minimum atomic E-state index is 0.550. The molecule has 2 aromatic rings. The summed E-state index contributed by atoms with van der Waals surface area (Å²) < 4.78 is 1.95. The average molecular weight is 245 g/mol. The summed E-state index contributed by atoms with van der Waals surface area (Å²) in [5.74, 6) is 2.27. The molecule has 3 rings (SSSR count). The Morgan fingerprint density at radius 1 is 1.50 bits per heavy atom. The number of hydrogen-bond acceptors (Lipinski definition) is 4. The number of nitrogens with zero attached hydrogens (tertiary/aromatic N) is 4. The van der Waals surface area contributed by atoms with Crippen LogP contribution in [-0.4, -0.2) is 27.5 Å². The lowest BCUT2D eigenvalue weighted by molar-refractivity contribution is 0.529. The molecule has 0 bridgehead atoms. The number of hydrogen-bond donors (Lipinski definition) is 1. The van der Waals surface area contributed by atoms with Gasteiger partial charge in [-0.15, -0.1) is 0 Å². The predicted molar refractivity (Wildman–Crippen MR) is 72.6 cm³/mol. The molecule has 2 aromatic heterocycles. The largest absolute Gasteiger partial charge is 0.382 e. The molecule has 18 heavy (non-hydrogen) atoms. The van der Waals surface area contributed by atoms with Gasteiger partial charge >= 0.3 is 0 Å². The van der Waals surface area contributed by atoms with Crippen molar-refractivity contribution in [1.29, 1.82) is 0 Å². The van der Waals surface area contributed by atoms with Crippen LogP contribution < -0.4 is 10.6 Å². The molecule has 0 radical (unpaired) electrons. The fraction of sp³-hybridized carbons (Fsp3) is 0.538. The highest BCUT2D eigenvalue weighted by Crippen LogP contribution is 2.28. The Balaban J connectivity index is 1.92. The van der Waals surface area contributed by atoms with Crippen LogP contribution in [0.3, 0.4) is 0 Å². The Labute approximate surface area is 107 Å². The molecule has 2 N–H and O–H groups in total. The summed E-state index contributed by atoms with van der Waals surface area (Å²) in [7, 11) is 0. The Kier molecular flexibility index (Phi) is 2.81. The van der Waals surface area contributed by atoms with Crippen molar-refractivity contribution in [1.82, 2.24) is 14.4 Å². The highest BCUT2D eigenvalue weighted by Gasteiger charge is 2.25. The first kappa shape index (κ1) is 11.3. The first-order valence-corrected chi connectivity index (χ1v) is 6.62. The summed E-state index contributed by atoms with van der Waals surface area (Å²) in [6, 6.07) is 0. The van der Waals surface area contributed by atoms with E-state index in [4.69, 9.17) is 5.73 Å². The van der Waals surface area contributed by atoms with Gasteiger partial charge in [0.1, 0.15) is 5.82 Å². The lowest BCUT2D eigenvalue weighted by atomic mass is 10.0. The molecule has 5 nitrogen and oxygen atoms in total. The van der Waals surface area contributed by atoms with Crippen LogP contribution in [-0.2, 0) is 0 Å². The minimum Gasteiger partial charge on any atom is -0.382 e. The van der Waals surface area contributed by atoms with E-state index in [1.165, 1.54) is 19.3 Å². The SMILES string of the molecule is CCCC1CCN(c2nc(N)cn3ccnc23)C1. The summed E-state index contributed by atoms with van der Waals surface area (Å²) >= 11 is 0. The number of fused-ring (bicyclic) bond motifs is 1. The third-order valence-electron chi connectivity index (χ3n) is 3.66. The highest BCUT2D eigenvalue weighted by molar-refractivity contribution is 5.66. The van der Waals surface area contributed by atoms with Crippen molar-refractivity contribution in [2.24, 2.45) is 5.92 Å². The molecule has 1 saturated heterocycles. The van der Waals surface area contributed by atoms with E-state index in [1.54, 1.807) is 6.20 Å². The van der Waals surface area contributed by atoms with Crippen LogP contribution in [0, 0.1) is 5.92 Å². The van der Waals surface area contributed by atoms with Gasteiger partial charge in [0.15, 0.2) is 11.5 Å². The van der Waals surface area contributed by atoms with Gasteiger partial charge in [-0.1, -0.05) is 13.3 Å². The fourth-order valence-corrected chi connectivity index (χ4v) is 2.82. The van der Waals surface area contributed by atoms with Crippen LogP contribution in [0.4, 0.5) is 11.6 Å². The van der Waals surface area contributed by atoms with Gasteiger partial charge in [-0.2, -0.15) is 0 Å². The van der Waals surface area contributed by atoms with Gasteiger partial charge in [-0.05, 0) is 18.8 Å². The number of nitrogen functional groups attached to an aromatic ring is 1. The molecule has 0 aromatic carbocycles. The Morgan fingerprint density at radius 2 is 2.39 bits per heavy atom. The van der Waals surface area contributed by atoms with Gasteiger partial charge in [0.2, 0.25) is 0 Å². The van der Waals surface area contributed by atoms with Crippen molar-refractivity contribution in [3.05, 3.63) is 18.6 Å². The zero-order valence-electron chi connectivity index (χ0n) is 10.7. The molecular formula is C13H19N5. The van der Waals surface area contributed by atoms with E-state index < -0.39 is 0 Å². The summed E-state index contributed by atoms with van der Waals surface area (Å²) in [6.45, 7) is 4.38. The molecule has 1 fully saturated rings. The molecule has 96 valence electrons. The first-order valence-electron chi connectivity index (χ1n) is 6.62. The quantitative estimate of drug-likeness (QED) is 0.897. The Hall–Kier alpha value is -1.78. The van der Waals surface area contributed by atoms with Gasteiger partial charge in [-0.3, -0.25) is 0 Å². The van der Waals surface area contributed by atoms with E-state index >= 15 is 0 Å². The van der Waals surface area contributed by atoms with Crippen molar-refractivity contribution in [2.45, 2.75) is 26.2 Å². The second-order valence-electron chi connectivity index (χ2n) is 5.04. The Bertz CT molecular complexity index is 547. The van der Waals surface area contributed by atoms with Crippen LogP contribution in [0.2, 0.25) is 0 Å². The van der Waals surface area contributed by atoms with Crippen LogP contribution in [0.1, 0.15) is 26.2 Å².